The lowest BCUT2D eigenvalue weighted by atomic mass is 10.2. The van der Waals surface area contributed by atoms with Gasteiger partial charge in [0.05, 0.1) is 11.0 Å². The molecule has 4 nitrogen and oxygen atoms in total. The molecular weight excluding hydrogens is 330 g/mol. The van der Waals surface area contributed by atoms with Crippen LogP contribution in [0.3, 0.4) is 0 Å². The number of nitrogens with one attached hydrogen (secondary N) is 2. The number of hydrogen-bond acceptors (Lipinski definition) is 2. The molecule has 0 aliphatic rings. The molecule has 0 fully saturated rings. The van der Waals surface area contributed by atoms with Crippen molar-refractivity contribution in [3.63, 3.8) is 0 Å². The Hall–Kier alpha value is -2.40. The van der Waals surface area contributed by atoms with E-state index in [-0.39, 0.29) is 5.91 Å². The predicted octanol–water partition coefficient (Wildman–Crippen LogP) is 3.98. The SMILES string of the molecule is O=C(C=Cc1ccccc1Br)Nc1nc2ccccc2[nH]1. The number of carbonyl (C=O) groups excluding carboxylic acids is 1. The summed E-state index contributed by atoms with van der Waals surface area (Å²) in [4.78, 5) is 19.2. The van der Waals surface area contributed by atoms with E-state index in [1.54, 1.807) is 6.08 Å². The van der Waals surface area contributed by atoms with E-state index in [0.717, 1.165) is 21.1 Å². The number of aromatic amines is 1. The van der Waals surface area contributed by atoms with Gasteiger partial charge in [0.2, 0.25) is 5.95 Å². The zero-order chi connectivity index (χ0) is 14.7. The molecule has 0 saturated heterocycles. The van der Waals surface area contributed by atoms with Crippen LogP contribution in [-0.2, 0) is 4.79 Å². The number of anilines is 1. The van der Waals surface area contributed by atoms with Crippen LogP contribution in [0.2, 0.25) is 0 Å². The molecule has 21 heavy (non-hydrogen) atoms. The zero-order valence-electron chi connectivity index (χ0n) is 11.0. The lowest BCUT2D eigenvalue weighted by molar-refractivity contribution is -0.111. The third-order valence-electron chi connectivity index (χ3n) is 2.95. The van der Waals surface area contributed by atoms with E-state index in [1.807, 2.05) is 48.5 Å². The van der Waals surface area contributed by atoms with Crippen LogP contribution in [0.1, 0.15) is 5.56 Å². The van der Waals surface area contributed by atoms with Gasteiger partial charge in [-0.15, -0.1) is 0 Å². The van der Waals surface area contributed by atoms with Crippen molar-refractivity contribution in [2.24, 2.45) is 0 Å². The summed E-state index contributed by atoms with van der Waals surface area (Å²) < 4.78 is 0.942. The number of benzene rings is 2. The fraction of sp³-hybridized carbons (Fsp3) is 0. The van der Waals surface area contributed by atoms with Crippen LogP contribution in [0.5, 0.6) is 0 Å². The Balaban J connectivity index is 1.73. The van der Waals surface area contributed by atoms with E-state index in [4.69, 9.17) is 0 Å². The molecule has 0 bridgehead atoms. The summed E-state index contributed by atoms with van der Waals surface area (Å²) in [7, 11) is 0. The topological polar surface area (TPSA) is 57.8 Å². The van der Waals surface area contributed by atoms with Crippen molar-refractivity contribution < 1.29 is 4.79 Å². The van der Waals surface area contributed by atoms with Crippen LogP contribution < -0.4 is 5.32 Å². The third kappa shape index (κ3) is 3.20. The second-order valence-corrected chi connectivity index (χ2v) is 5.30. The Bertz CT molecular complexity index is 790. The lowest BCUT2D eigenvalue weighted by Gasteiger charge is -1.98. The molecule has 3 rings (SSSR count). The van der Waals surface area contributed by atoms with Gasteiger partial charge in [0, 0.05) is 10.5 Å². The smallest absolute Gasteiger partial charge is 0.250 e. The number of aromatic nitrogens is 2. The quantitative estimate of drug-likeness (QED) is 0.708. The van der Waals surface area contributed by atoms with Crippen molar-refractivity contribution in [3.05, 3.63) is 64.6 Å². The molecule has 2 aromatic carbocycles. The van der Waals surface area contributed by atoms with Crippen LogP contribution in [0.25, 0.3) is 17.1 Å². The first kappa shape index (κ1) is 13.6. The first-order chi connectivity index (χ1) is 10.2. The van der Waals surface area contributed by atoms with Gasteiger partial charge in [-0.25, -0.2) is 4.98 Å². The summed E-state index contributed by atoms with van der Waals surface area (Å²) in [5.74, 6) is 0.211. The lowest BCUT2D eigenvalue weighted by Crippen LogP contribution is -2.08. The van der Waals surface area contributed by atoms with Gasteiger partial charge in [-0.05, 0) is 29.8 Å². The van der Waals surface area contributed by atoms with E-state index in [0.29, 0.717) is 5.95 Å². The zero-order valence-corrected chi connectivity index (χ0v) is 12.6. The molecule has 5 heteroatoms. The number of carbonyl (C=O) groups is 1. The number of halogens is 1. The highest BCUT2D eigenvalue weighted by Crippen LogP contribution is 2.17. The Kier molecular flexibility index (Phi) is 3.83. The summed E-state index contributed by atoms with van der Waals surface area (Å²) in [6.45, 7) is 0. The van der Waals surface area contributed by atoms with Gasteiger partial charge in [-0.1, -0.05) is 46.3 Å². The van der Waals surface area contributed by atoms with Crippen molar-refractivity contribution in [2.75, 3.05) is 5.32 Å². The van der Waals surface area contributed by atoms with Crippen molar-refractivity contribution in [1.29, 1.82) is 0 Å². The molecule has 1 heterocycles. The van der Waals surface area contributed by atoms with E-state index in [1.165, 1.54) is 6.08 Å². The van der Waals surface area contributed by atoms with Gasteiger partial charge in [0.1, 0.15) is 0 Å². The third-order valence-corrected chi connectivity index (χ3v) is 3.67. The number of amides is 1. The summed E-state index contributed by atoms with van der Waals surface area (Å²) in [5.41, 5.74) is 2.66. The number of nitrogens with zero attached hydrogens (tertiary/aromatic N) is 1. The minimum atomic E-state index is -0.232. The minimum absolute atomic E-state index is 0.232. The molecule has 0 unspecified atom stereocenters. The molecule has 0 radical (unpaired) electrons. The Morgan fingerprint density at radius 3 is 2.71 bits per heavy atom. The highest BCUT2D eigenvalue weighted by atomic mass is 79.9. The summed E-state index contributed by atoms with van der Waals surface area (Å²) in [5, 5.41) is 2.71. The Morgan fingerprint density at radius 1 is 1.14 bits per heavy atom. The standard InChI is InChI=1S/C16H12BrN3O/c17-12-6-2-1-5-11(12)9-10-15(21)20-16-18-13-7-3-4-8-14(13)19-16/h1-10H,(H2,18,19,20,21). The van der Waals surface area contributed by atoms with Gasteiger partial charge in [-0.2, -0.15) is 0 Å². The largest absolute Gasteiger partial charge is 0.324 e. The van der Waals surface area contributed by atoms with Crippen LogP contribution in [0.4, 0.5) is 5.95 Å². The van der Waals surface area contributed by atoms with E-state index >= 15 is 0 Å². The minimum Gasteiger partial charge on any atom is -0.324 e. The second kappa shape index (κ2) is 5.93. The maximum absolute atomic E-state index is 11.9. The van der Waals surface area contributed by atoms with Crippen molar-refractivity contribution in [1.82, 2.24) is 9.97 Å². The van der Waals surface area contributed by atoms with Gasteiger partial charge in [-0.3, -0.25) is 10.1 Å². The molecular formula is C16H12BrN3O. The summed E-state index contributed by atoms with van der Waals surface area (Å²) in [6.07, 6.45) is 3.23. The second-order valence-electron chi connectivity index (χ2n) is 4.45. The summed E-state index contributed by atoms with van der Waals surface area (Å²) >= 11 is 3.44. The highest BCUT2D eigenvalue weighted by molar-refractivity contribution is 9.10. The van der Waals surface area contributed by atoms with Gasteiger partial charge in [0.15, 0.2) is 0 Å². The molecule has 0 spiro atoms. The monoisotopic (exact) mass is 341 g/mol. The van der Waals surface area contributed by atoms with Crippen LogP contribution in [-0.4, -0.2) is 15.9 Å². The molecule has 0 saturated carbocycles. The average Bonchev–Trinajstić information content (AvgIpc) is 2.88. The van der Waals surface area contributed by atoms with Crippen LogP contribution >= 0.6 is 15.9 Å². The molecule has 2 N–H and O–H groups in total. The van der Waals surface area contributed by atoms with Gasteiger partial charge >= 0.3 is 0 Å². The predicted molar refractivity (Wildman–Crippen MR) is 87.9 cm³/mol. The first-order valence-electron chi connectivity index (χ1n) is 6.41. The molecule has 1 aromatic heterocycles. The first-order valence-corrected chi connectivity index (χ1v) is 7.20. The molecule has 104 valence electrons. The molecule has 1 amide bonds. The number of rotatable bonds is 3. The normalized spacial score (nSPS) is 11.1. The molecule has 3 aromatic rings. The number of H-pyrrole nitrogens is 1. The molecule has 0 aliphatic carbocycles. The fourth-order valence-electron chi connectivity index (χ4n) is 1.95. The van der Waals surface area contributed by atoms with Crippen molar-refractivity contribution in [3.8, 4) is 0 Å². The summed E-state index contributed by atoms with van der Waals surface area (Å²) in [6, 6.07) is 15.3. The number of fused-ring (bicyclic) bond motifs is 1. The molecule has 0 atom stereocenters. The maximum Gasteiger partial charge on any atom is 0.250 e. The van der Waals surface area contributed by atoms with Crippen LogP contribution in [0.15, 0.2) is 59.1 Å². The van der Waals surface area contributed by atoms with Gasteiger partial charge < -0.3 is 4.98 Å². The fourth-order valence-corrected chi connectivity index (χ4v) is 2.36. The number of imidazole rings is 1. The van der Waals surface area contributed by atoms with E-state index < -0.39 is 0 Å². The van der Waals surface area contributed by atoms with Crippen LogP contribution in [0, 0.1) is 0 Å². The van der Waals surface area contributed by atoms with E-state index in [9.17, 15) is 4.79 Å². The maximum atomic E-state index is 11.9. The Labute approximate surface area is 130 Å². The number of para-hydroxylation sites is 2. The van der Waals surface area contributed by atoms with E-state index in [2.05, 4.69) is 31.2 Å². The van der Waals surface area contributed by atoms with Crippen molar-refractivity contribution in [2.45, 2.75) is 0 Å². The average molecular weight is 342 g/mol. The number of hydrogen-bond donors (Lipinski definition) is 2. The van der Waals surface area contributed by atoms with Gasteiger partial charge in [0.25, 0.3) is 5.91 Å². The highest BCUT2D eigenvalue weighted by Gasteiger charge is 2.04. The molecule has 0 aliphatic heterocycles. The Morgan fingerprint density at radius 2 is 1.90 bits per heavy atom. The van der Waals surface area contributed by atoms with Crippen molar-refractivity contribution >= 4 is 44.9 Å².